The quantitative estimate of drug-likeness (QED) is 0.489. The number of fused-ring (bicyclic) bond motifs is 5. The molecule has 1 N–H and O–H groups in total. The number of aryl methyl sites for hydroxylation is 1. The third kappa shape index (κ3) is 3.19. The van der Waals surface area contributed by atoms with E-state index >= 15 is 0 Å². The van der Waals surface area contributed by atoms with Crippen molar-refractivity contribution in [2.75, 3.05) is 0 Å². The number of ether oxygens (including phenoxy) is 2. The van der Waals surface area contributed by atoms with Crippen LogP contribution in [-0.4, -0.2) is 20.3 Å². The van der Waals surface area contributed by atoms with Gasteiger partial charge in [-0.1, -0.05) is 20.4 Å². The standard InChI is InChI=1S/C27H30N2O4/c1-7-17-18-11-16(33-26(4,5)6)9-10-22(18)28-24-19(17)13-29-23(24)12-21-20(25(29)30)14-32-15(3)27(21,31)8-2/h9-12,31H,3,7-8,13-14H2,1-2,4-6H3/t27-/m1/s1. The van der Waals surface area contributed by atoms with Crippen molar-refractivity contribution in [1.82, 2.24) is 9.55 Å². The van der Waals surface area contributed by atoms with Crippen LogP contribution in [0.15, 0.2) is 41.4 Å². The monoisotopic (exact) mass is 446 g/mol. The molecule has 6 nitrogen and oxygen atoms in total. The zero-order valence-electron chi connectivity index (χ0n) is 19.9. The molecule has 1 aromatic carbocycles. The Labute approximate surface area is 193 Å². The van der Waals surface area contributed by atoms with Gasteiger partial charge in [0, 0.05) is 16.5 Å². The maximum absolute atomic E-state index is 13.5. The molecule has 2 aromatic heterocycles. The van der Waals surface area contributed by atoms with Crippen LogP contribution in [0.5, 0.6) is 5.75 Å². The lowest BCUT2D eigenvalue weighted by atomic mass is 9.84. The highest BCUT2D eigenvalue weighted by Gasteiger charge is 2.41. The van der Waals surface area contributed by atoms with Crippen LogP contribution >= 0.6 is 0 Å². The normalized spacial score (nSPS) is 19.2. The molecule has 0 unspecified atom stereocenters. The van der Waals surface area contributed by atoms with Crippen molar-refractivity contribution in [3.8, 4) is 17.1 Å². The van der Waals surface area contributed by atoms with E-state index in [0.717, 1.165) is 40.0 Å². The summed E-state index contributed by atoms with van der Waals surface area (Å²) in [6.45, 7) is 14.5. The lowest BCUT2D eigenvalue weighted by Gasteiger charge is -2.35. The highest BCUT2D eigenvalue weighted by molar-refractivity contribution is 5.89. The average molecular weight is 447 g/mol. The molecule has 0 spiro atoms. The van der Waals surface area contributed by atoms with E-state index in [1.165, 1.54) is 5.56 Å². The van der Waals surface area contributed by atoms with Crippen LogP contribution in [0.4, 0.5) is 0 Å². The van der Waals surface area contributed by atoms with E-state index in [0.29, 0.717) is 24.1 Å². The number of pyridine rings is 2. The predicted octanol–water partition coefficient (Wildman–Crippen LogP) is 4.81. The summed E-state index contributed by atoms with van der Waals surface area (Å²) < 4.78 is 13.5. The third-order valence-electron chi connectivity index (χ3n) is 6.72. The number of aromatic nitrogens is 2. The fraction of sp³-hybridized carbons (Fsp3) is 0.407. The van der Waals surface area contributed by atoms with Crippen molar-refractivity contribution in [3.05, 3.63) is 69.2 Å². The number of benzene rings is 1. The highest BCUT2D eigenvalue weighted by atomic mass is 16.5. The summed E-state index contributed by atoms with van der Waals surface area (Å²) in [6, 6.07) is 7.89. The minimum atomic E-state index is -1.38. The van der Waals surface area contributed by atoms with Crippen molar-refractivity contribution in [3.63, 3.8) is 0 Å². The molecule has 3 aromatic rings. The summed E-state index contributed by atoms with van der Waals surface area (Å²) in [5.41, 5.74) is 3.89. The van der Waals surface area contributed by atoms with Crippen LogP contribution in [0.1, 0.15) is 63.3 Å². The van der Waals surface area contributed by atoms with Gasteiger partial charge >= 0.3 is 0 Å². The molecule has 33 heavy (non-hydrogen) atoms. The zero-order valence-corrected chi connectivity index (χ0v) is 19.9. The molecule has 1 atom stereocenters. The molecule has 0 saturated carbocycles. The zero-order chi connectivity index (χ0) is 23.7. The maximum atomic E-state index is 13.5. The van der Waals surface area contributed by atoms with Crippen molar-refractivity contribution in [1.29, 1.82) is 0 Å². The molecule has 0 radical (unpaired) electrons. The number of hydrogen-bond acceptors (Lipinski definition) is 5. The number of aliphatic hydroxyl groups is 1. The van der Waals surface area contributed by atoms with E-state index in [9.17, 15) is 9.90 Å². The second-order valence-corrected chi connectivity index (χ2v) is 9.90. The Morgan fingerprint density at radius 1 is 1.24 bits per heavy atom. The van der Waals surface area contributed by atoms with Gasteiger partial charge in [-0.2, -0.15) is 0 Å². The summed E-state index contributed by atoms with van der Waals surface area (Å²) in [7, 11) is 0. The third-order valence-corrected chi connectivity index (χ3v) is 6.72. The van der Waals surface area contributed by atoms with E-state index in [-0.39, 0.29) is 23.5 Å². The first-order chi connectivity index (χ1) is 15.6. The fourth-order valence-corrected chi connectivity index (χ4v) is 5.08. The first-order valence-electron chi connectivity index (χ1n) is 11.5. The topological polar surface area (TPSA) is 73.6 Å². The molecule has 0 aliphatic carbocycles. The number of rotatable bonds is 3. The molecule has 2 aliphatic rings. The molecule has 6 heteroatoms. The van der Waals surface area contributed by atoms with Gasteiger partial charge < -0.3 is 19.1 Å². The van der Waals surface area contributed by atoms with Crippen molar-refractivity contribution < 1.29 is 14.6 Å². The highest BCUT2D eigenvalue weighted by Crippen LogP contribution is 2.43. The van der Waals surface area contributed by atoms with Crippen LogP contribution < -0.4 is 10.3 Å². The predicted molar refractivity (Wildman–Crippen MR) is 128 cm³/mol. The van der Waals surface area contributed by atoms with Gasteiger partial charge in [-0.15, -0.1) is 0 Å². The first-order valence-corrected chi connectivity index (χ1v) is 11.5. The van der Waals surface area contributed by atoms with Crippen molar-refractivity contribution in [2.45, 2.75) is 71.8 Å². The lowest BCUT2D eigenvalue weighted by molar-refractivity contribution is -0.0172. The van der Waals surface area contributed by atoms with E-state index < -0.39 is 5.60 Å². The SMILES string of the molecule is C=C1OCc2c(cc3n(c2=O)Cc2c-3nc3ccc(OC(C)(C)C)cc3c2CC)[C@@]1(O)CC. The summed E-state index contributed by atoms with van der Waals surface area (Å²) in [4.78, 5) is 18.5. The molecule has 5 rings (SSSR count). The Hall–Kier alpha value is -3.12. The van der Waals surface area contributed by atoms with Crippen LogP contribution in [0.2, 0.25) is 0 Å². The minimum absolute atomic E-state index is 0.121. The van der Waals surface area contributed by atoms with Gasteiger partial charge in [0.15, 0.2) is 0 Å². The Bertz CT molecular complexity index is 1380. The second-order valence-electron chi connectivity index (χ2n) is 9.90. The second kappa shape index (κ2) is 7.19. The smallest absolute Gasteiger partial charge is 0.258 e. The molecular formula is C27H30N2O4. The maximum Gasteiger partial charge on any atom is 0.258 e. The van der Waals surface area contributed by atoms with Gasteiger partial charge in [0.1, 0.15) is 29.3 Å². The average Bonchev–Trinajstić information content (AvgIpc) is 3.12. The Morgan fingerprint density at radius 3 is 2.67 bits per heavy atom. The fourth-order valence-electron chi connectivity index (χ4n) is 5.08. The molecule has 0 fully saturated rings. The van der Waals surface area contributed by atoms with Gasteiger partial charge in [0.05, 0.1) is 29.0 Å². The van der Waals surface area contributed by atoms with Crippen LogP contribution in [0.25, 0.3) is 22.3 Å². The van der Waals surface area contributed by atoms with Gasteiger partial charge in [0.2, 0.25) is 0 Å². The lowest BCUT2D eigenvalue weighted by Crippen LogP contribution is -2.38. The number of hydrogen-bond donors (Lipinski definition) is 1. The van der Waals surface area contributed by atoms with Crippen LogP contribution in [0, 0.1) is 0 Å². The molecule has 2 aliphatic heterocycles. The van der Waals surface area contributed by atoms with Gasteiger partial charge in [0.25, 0.3) is 5.56 Å². The van der Waals surface area contributed by atoms with E-state index in [2.05, 4.69) is 19.6 Å². The minimum Gasteiger partial charge on any atom is -0.490 e. The molecular weight excluding hydrogens is 416 g/mol. The van der Waals surface area contributed by atoms with E-state index in [1.54, 1.807) is 4.57 Å². The Kier molecular flexibility index (Phi) is 4.73. The molecule has 0 amide bonds. The molecule has 0 bridgehead atoms. The Balaban J connectivity index is 1.74. The first kappa shape index (κ1) is 21.7. The molecule has 4 heterocycles. The summed E-state index contributed by atoms with van der Waals surface area (Å²) >= 11 is 0. The van der Waals surface area contributed by atoms with E-state index in [1.807, 2.05) is 45.9 Å². The summed E-state index contributed by atoms with van der Waals surface area (Å²) in [6.07, 6.45) is 1.18. The summed E-state index contributed by atoms with van der Waals surface area (Å²) in [5, 5.41) is 12.3. The Morgan fingerprint density at radius 2 is 2.00 bits per heavy atom. The van der Waals surface area contributed by atoms with Gasteiger partial charge in [-0.3, -0.25) is 4.79 Å². The van der Waals surface area contributed by atoms with Gasteiger partial charge in [-0.25, -0.2) is 4.98 Å². The largest absolute Gasteiger partial charge is 0.490 e. The molecule has 0 saturated heterocycles. The van der Waals surface area contributed by atoms with Crippen LogP contribution in [-0.2, 0) is 29.9 Å². The number of nitrogens with zero attached hydrogens (tertiary/aromatic N) is 2. The van der Waals surface area contributed by atoms with Gasteiger partial charge in [-0.05, 0) is 63.4 Å². The van der Waals surface area contributed by atoms with Crippen LogP contribution in [0.3, 0.4) is 0 Å². The summed E-state index contributed by atoms with van der Waals surface area (Å²) in [5.74, 6) is 1.09. The van der Waals surface area contributed by atoms with Crippen molar-refractivity contribution in [2.24, 2.45) is 0 Å². The van der Waals surface area contributed by atoms with Crippen molar-refractivity contribution >= 4 is 10.9 Å². The molecule has 172 valence electrons. The van der Waals surface area contributed by atoms with E-state index in [4.69, 9.17) is 14.5 Å².